The second-order valence-electron chi connectivity index (χ2n) is 5.04. The fourth-order valence-corrected chi connectivity index (χ4v) is 2.94. The van der Waals surface area contributed by atoms with Gasteiger partial charge in [-0.05, 0) is 48.0 Å². The zero-order chi connectivity index (χ0) is 15.2. The summed E-state index contributed by atoms with van der Waals surface area (Å²) in [7, 11) is 2.11. The Morgan fingerprint density at radius 2 is 2.00 bits per heavy atom. The summed E-state index contributed by atoms with van der Waals surface area (Å²) >= 11 is 9.61. The van der Waals surface area contributed by atoms with E-state index in [0.717, 1.165) is 29.1 Å². The highest BCUT2D eigenvalue weighted by molar-refractivity contribution is 9.10. The van der Waals surface area contributed by atoms with Crippen LogP contribution in [0.1, 0.15) is 18.1 Å². The van der Waals surface area contributed by atoms with Crippen LogP contribution in [0.2, 0.25) is 5.02 Å². The first-order chi connectivity index (χ1) is 10.1. The Balaban J connectivity index is 2.19. The van der Waals surface area contributed by atoms with Crippen molar-refractivity contribution in [3.63, 3.8) is 0 Å². The Hall–Kier alpha value is -1.03. The van der Waals surface area contributed by atoms with Gasteiger partial charge in [0.2, 0.25) is 0 Å². The van der Waals surface area contributed by atoms with E-state index in [1.165, 1.54) is 16.8 Å². The minimum Gasteiger partial charge on any atom is -0.370 e. The van der Waals surface area contributed by atoms with Crippen LogP contribution in [0.3, 0.4) is 0 Å². The van der Waals surface area contributed by atoms with Gasteiger partial charge in [-0.2, -0.15) is 0 Å². The van der Waals surface area contributed by atoms with Crippen molar-refractivity contribution in [3.8, 4) is 0 Å². The molecule has 21 heavy (non-hydrogen) atoms. The van der Waals surface area contributed by atoms with E-state index in [2.05, 4.69) is 64.4 Å². The van der Waals surface area contributed by atoms with Gasteiger partial charge in [0.15, 0.2) is 0 Å². The van der Waals surface area contributed by atoms with Crippen molar-refractivity contribution in [1.29, 1.82) is 0 Å². The quantitative estimate of drug-likeness (QED) is 0.785. The summed E-state index contributed by atoms with van der Waals surface area (Å²) in [6, 6.07) is 14.4. The molecule has 2 nitrogen and oxygen atoms in total. The maximum absolute atomic E-state index is 6.06. The Labute approximate surface area is 140 Å². The van der Waals surface area contributed by atoms with Crippen LogP contribution in [0.5, 0.6) is 0 Å². The van der Waals surface area contributed by atoms with Crippen LogP contribution < -0.4 is 10.2 Å². The van der Waals surface area contributed by atoms with Crippen molar-refractivity contribution in [2.24, 2.45) is 0 Å². The van der Waals surface area contributed by atoms with Crippen molar-refractivity contribution in [3.05, 3.63) is 63.1 Å². The summed E-state index contributed by atoms with van der Waals surface area (Å²) in [4.78, 5) is 2.25. The number of halogens is 2. The van der Waals surface area contributed by atoms with Gasteiger partial charge in [-0.1, -0.05) is 46.6 Å². The van der Waals surface area contributed by atoms with E-state index in [9.17, 15) is 0 Å². The Bertz CT molecular complexity index is 601. The summed E-state index contributed by atoms with van der Waals surface area (Å²) in [6.45, 7) is 4.78. The van der Waals surface area contributed by atoms with Gasteiger partial charge in [0.05, 0.1) is 0 Å². The van der Waals surface area contributed by atoms with Crippen molar-refractivity contribution >= 4 is 33.2 Å². The molecule has 2 aromatic carbocycles. The summed E-state index contributed by atoms with van der Waals surface area (Å²) in [6.07, 6.45) is 0. The first kappa shape index (κ1) is 16.3. The predicted molar refractivity (Wildman–Crippen MR) is 95.1 cm³/mol. The predicted octanol–water partition coefficient (Wildman–Crippen LogP) is 4.85. The van der Waals surface area contributed by atoms with E-state index in [1.54, 1.807) is 0 Å². The monoisotopic (exact) mass is 366 g/mol. The summed E-state index contributed by atoms with van der Waals surface area (Å²) in [5.74, 6) is 0. The molecule has 2 rings (SSSR count). The van der Waals surface area contributed by atoms with Crippen LogP contribution >= 0.6 is 27.5 Å². The maximum atomic E-state index is 6.06. The van der Waals surface area contributed by atoms with Crippen LogP contribution in [0.25, 0.3) is 0 Å². The highest BCUT2D eigenvalue weighted by Crippen LogP contribution is 2.25. The lowest BCUT2D eigenvalue weighted by molar-refractivity contribution is 0.723. The first-order valence-corrected chi connectivity index (χ1v) is 8.22. The number of nitrogens with zero attached hydrogens (tertiary/aromatic N) is 1. The molecule has 0 aliphatic carbocycles. The van der Waals surface area contributed by atoms with Gasteiger partial charge < -0.3 is 10.2 Å². The van der Waals surface area contributed by atoms with E-state index in [4.69, 9.17) is 11.6 Å². The zero-order valence-electron chi connectivity index (χ0n) is 12.4. The number of nitrogens with one attached hydrogen (secondary N) is 1. The number of hydrogen-bond acceptors (Lipinski definition) is 2. The molecule has 0 aromatic heterocycles. The minimum absolute atomic E-state index is 0.782. The number of benzene rings is 2. The van der Waals surface area contributed by atoms with Gasteiger partial charge in [-0.25, -0.2) is 0 Å². The van der Waals surface area contributed by atoms with Gasteiger partial charge in [0, 0.05) is 35.3 Å². The van der Waals surface area contributed by atoms with Crippen LogP contribution in [-0.4, -0.2) is 13.6 Å². The Morgan fingerprint density at radius 3 is 2.71 bits per heavy atom. The molecule has 0 heterocycles. The largest absolute Gasteiger partial charge is 0.370 e. The highest BCUT2D eigenvalue weighted by atomic mass is 79.9. The smallest absolute Gasteiger partial charge is 0.0426 e. The topological polar surface area (TPSA) is 15.3 Å². The molecule has 0 bridgehead atoms. The summed E-state index contributed by atoms with van der Waals surface area (Å²) in [5, 5.41) is 4.17. The molecule has 0 saturated carbocycles. The molecular formula is C17H20BrClN2. The molecule has 0 fully saturated rings. The first-order valence-electron chi connectivity index (χ1n) is 7.05. The lowest BCUT2D eigenvalue weighted by Crippen LogP contribution is -2.20. The SMILES string of the molecule is CCNCc1cc(Br)ccc1N(C)Cc1cccc(Cl)c1. The van der Waals surface area contributed by atoms with Gasteiger partial charge in [-0.3, -0.25) is 0 Å². The molecule has 112 valence electrons. The second kappa shape index (κ2) is 7.83. The van der Waals surface area contributed by atoms with Crippen molar-refractivity contribution in [2.75, 3.05) is 18.5 Å². The normalized spacial score (nSPS) is 10.7. The molecule has 0 saturated heterocycles. The molecule has 4 heteroatoms. The van der Waals surface area contributed by atoms with Gasteiger partial charge in [-0.15, -0.1) is 0 Å². The van der Waals surface area contributed by atoms with Crippen LogP contribution in [-0.2, 0) is 13.1 Å². The molecule has 0 aliphatic rings. The molecule has 0 aliphatic heterocycles. The summed E-state index contributed by atoms with van der Waals surface area (Å²) < 4.78 is 1.11. The minimum atomic E-state index is 0.782. The molecule has 0 atom stereocenters. The molecule has 0 spiro atoms. The van der Waals surface area contributed by atoms with Crippen molar-refractivity contribution < 1.29 is 0 Å². The molecule has 0 unspecified atom stereocenters. The molecular weight excluding hydrogens is 348 g/mol. The highest BCUT2D eigenvalue weighted by Gasteiger charge is 2.09. The number of anilines is 1. The van der Waals surface area contributed by atoms with E-state index in [0.29, 0.717) is 0 Å². The van der Waals surface area contributed by atoms with E-state index in [1.807, 2.05) is 18.2 Å². The number of hydrogen-bond donors (Lipinski definition) is 1. The third-order valence-electron chi connectivity index (χ3n) is 3.33. The van der Waals surface area contributed by atoms with Gasteiger partial charge in [0.1, 0.15) is 0 Å². The van der Waals surface area contributed by atoms with Crippen molar-refractivity contribution in [2.45, 2.75) is 20.0 Å². The standard InChI is InChI=1S/C17H20BrClN2/c1-3-20-11-14-10-15(18)7-8-17(14)21(2)12-13-5-4-6-16(19)9-13/h4-10,20H,3,11-12H2,1-2H3. The van der Waals surface area contributed by atoms with Crippen molar-refractivity contribution in [1.82, 2.24) is 5.32 Å². The molecule has 2 aromatic rings. The van der Waals surface area contributed by atoms with E-state index in [-0.39, 0.29) is 0 Å². The Morgan fingerprint density at radius 1 is 1.19 bits per heavy atom. The summed E-state index contributed by atoms with van der Waals surface area (Å²) in [5.41, 5.74) is 3.73. The van der Waals surface area contributed by atoms with Crippen LogP contribution in [0.15, 0.2) is 46.9 Å². The van der Waals surface area contributed by atoms with E-state index < -0.39 is 0 Å². The fourth-order valence-electron chi connectivity index (χ4n) is 2.32. The lowest BCUT2D eigenvalue weighted by Gasteiger charge is -2.23. The number of rotatable bonds is 6. The zero-order valence-corrected chi connectivity index (χ0v) is 14.7. The third-order valence-corrected chi connectivity index (χ3v) is 4.06. The fraction of sp³-hybridized carbons (Fsp3) is 0.294. The Kier molecular flexibility index (Phi) is 6.09. The van der Waals surface area contributed by atoms with Crippen LogP contribution in [0, 0.1) is 0 Å². The lowest BCUT2D eigenvalue weighted by atomic mass is 10.1. The van der Waals surface area contributed by atoms with Gasteiger partial charge >= 0.3 is 0 Å². The maximum Gasteiger partial charge on any atom is 0.0426 e. The van der Waals surface area contributed by atoms with E-state index >= 15 is 0 Å². The van der Waals surface area contributed by atoms with Crippen LogP contribution in [0.4, 0.5) is 5.69 Å². The van der Waals surface area contributed by atoms with Gasteiger partial charge in [0.25, 0.3) is 0 Å². The molecule has 1 N–H and O–H groups in total. The average molecular weight is 368 g/mol. The second-order valence-corrected chi connectivity index (χ2v) is 6.39. The third kappa shape index (κ3) is 4.73. The molecule has 0 radical (unpaired) electrons. The molecule has 0 amide bonds. The average Bonchev–Trinajstić information content (AvgIpc) is 2.45.